The summed E-state index contributed by atoms with van der Waals surface area (Å²) in [6.07, 6.45) is 2.12. The van der Waals surface area contributed by atoms with Crippen molar-refractivity contribution < 1.29 is 4.74 Å². The van der Waals surface area contributed by atoms with Gasteiger partial charge in [0.1, 0.15) is 5.75 Å². The number of hydrogen-bond donors (Lipinski definition) is 1. The third-order valence-corrected chi connectivity index (χ3v) is 3.70. The number of nitrogens with two attached hydrogens (primary N) is 1. The van der Waals surface area contributed by atoms with Crippen LogP contribution in [0.4, 0.5) is 5.69 Å². The Labute approximate surface area is 105 Å². The summed E-state index contributed by atoms with van der Waals surface area (Å²) >= 11 is 3.58. The third-order valence-electron chi connectivity index (χ3n) is 3.03. The lowest BCUT2D eigenvalue weighted by atomic mass is 10.1. The van der Waals surface area contributed by atoms with Crippen LogP contribution in [-0.2, 0) is 0 Å². The molecule has 0 radical (unpaired) electrons. The number of piperidine rings is 1. The van der Waals surface area contributed by atoms with E-state index in [0.717, 1.165) is 36.2 Å². The molecule has 1 heterocycles. The van der Waals surface area contributed by atoms with Gasteiger partial charge in [-0.2, -0.15) is 0 Å². The van der Waals surface area contributed by atoms with E-state index >= 15 is 0 Å². The van der Waals surface area contributed by atoms with Crippen LogP contribution < -0.4 is 15.4 Å². The van der Waals surface area contributed by atoms with E-state index in [-0.39, 0.29) is 0 Å². The van der Waals surface area contributed by atoms with Gasteiger partial charge in [0.15, 0.2) is 0 Å². The summed E-state index contributed by atoms with van der Waals surface area (Å²) in [5.41, 5.74) is 7.11. The van der Waals surface area contributed by atoms with E-state index < -0.39 is 0 Å². The maximum Gasteiger partial charge on any atom is 0.121 e. The number of anilines is 1. The molecule has 16 heavy (non-hydrogen) atoms. The predicted molar refractivity (Wildman–Crippen MR) is 70.1 cm³/mol. The van der Waals surface area contributed by atoms with E-state index in [2.05, 4.69) is 26.9 Å². The summed E-state index contributed by atoms with van der Waals surface area (Å²) in [6, 6.07) is 6.42. The summed E-state index contributed by atoms with van der Waals surface area (Å²) < 4.78 is 6.36. The van der Waals surface area contributed by atoms with E-state index in [0.29, 0.717) is 6.04 Å². The largest absolute Gasteiger partial charge is 0.497 e. The fraction of sp³-hybridized carbons (Fsp3) is 0.500. The molecule has 1 saturated heterocycles. The van der Waals surface area contributed by atoms with Crippen LogP contribution in [0.3, 0.4) is 0 Å². The highest BCUT2D eigenvalue weighted by molar-refractivity contribution is 9.10. The van der Waals surface area contributed by atoms with E-state index in [4.69, 9.17) is 10.5 Å². The number of halogens is 1. The van der Waals surface area contributed by atoms with Crippen molar-refractivity contribution in [1.82, 2.24) is 0 Å². The van der Waals surface area contributed by atoms with Crippen LogP contribution in [0.2, 0.25) is 0 Å². The fourth-order valence-corrected chi connectivity index (χ4v) is 2.50. The second kappa shape index (κ2) is 5.06. The molecule has 0 saturated carbocycles. The van der Waals surface area contributed by atoms with Gasteiger partial charge in [-0.15, -0.1) is 0 Å². The van der Waals surface area contributed by atoms with Gasteiger partial charge in [-0.1, -0.05) is 0 Å². The van der Waals surface area contributed by atoms with E-state index in [9.17, 15) is 0 Å². The maximum absolute atomic E-state index is 5.91. The maximum atomic E-state index is 5.91. The first-order chi connectivity index (χ1) is 7.70. The molecule has 2 N–H and O–H groups in total. The van der Waals surface area contributed by atoms with Crippen LogP contribution in [0.25, 0.3) is 0 Å². The molecule has 0 unspecified atom stereocenters. The van der Waals surface area contributed by atoms with Gasteiger partial charge in [-0.25, -0.2) is 0 Å². The zero-order chi connectivity index (χ0) is 11.5. The molecule has 0 aromatic heterocycles. The zero-order valence-corrected chi connectivity index (χ0v) is 11.0. The van der Waals surface area contributed by atoms with Crippen molar-refractivity contribution in [3.63, 3.8) is 0 Å². The Morgan fingerprint density at radius 3 is 2.69 bits per heavy atom. The number of rotatable bonds is 2. The van der Waals surface area contributed by atoms with Gasteiger partial charge in [0, 0.05) is 29.7 Å². The lowest BCUT2D eigenvalue weighted by Crippen LogP contribution is -2.39. The van der Waals surface area contributed by atoms with Crippen molar-refractivity contribution >= 4 is 21.6 Å². The SMILES string of the molecule is COc1ccc(Br)c(N2CCC(N)CC2)c1. The normalized spacial score (nSPS) is 17.6. The minimum absolute atomic E-state index is 0.362. The highest BCUT2D eigenvalue weighted by atomic mass is 79.9. The second-order valence-electron chi connectivity index (χ2n) is 4.14. The molecule has 1 aromatic carbocycles. The summed E-state index contributed by atoms with van der Waals surface area (Å²) in [5, 5.41) is 0. The van der Waals surface area contributed by atoms with Crippen LogP contribution in [0.5, 0.6) is 5.75 Å². The molecule has 4 heteroatoms. The smallest absolute Gasteiger partial charge is 0.121 e. The zero-order valence-electron chi connectivity index (χ0n) is 9.45. The summed E-state index contributed by atoms with van der Waals surface area (Å²) in [6.45, 7) is 2.04. The summed E-state index contributed by atoms with van der Waals surface area (Å²) in [7, 11) is 1.69. The topological polar surface area (TPSA) is 38.5 Å². The number of ether oxygens (including phenoxy) is 1. The van der Waals surface area contributed by atoms with Crippen molar-refractivity contribution in [3.8, 4) is 5.75 Å². The van der Waals surface area contributed by atoms with E-state index in [1.165, 1.54) is 5.69 Å². The Hall–Kier alpha value is -0.740. The fourth-order valence-electron chi connectivity index (χ4n) is 2.00. The quantitative estimate of drug-likeness (QED) is 0.906. The van der Waals surface area contributed by atoms with Crippen LogP contribution in [0.15, 0.2) is 22.7 Å². The highest BCUT2D eigenvalue weighted by Gasteiger charge is 2.18. The van der Waals surface area contributed by atoms with Crippen molar-refractivity contribution in [2.75, 3.05) is 25.1 Å². The van der Waals surface area contributed by atoms with Gasteiger partial charge >= 0.3 is 0 Å². The average molecular weight is 285 g/mol. The Bertz CT molecular complexity index is 362. The second-order valence-corrected chi connectivity index (χ2v) is 5.00. The first-order valence-electron chi connectivity index (χ1n) is 5.55. The molecule has 1 aromatic rings. The first kappa shape index (κ1) is 11.7. The average Bonchev–Trinajstić information content (AvgIpc) is 2.31. The van der Waals surface area contributed by atoms with Crippen LogP contribution in [0, 0.1) is 0 Å². The standard InChI is InChI=1S/C12H17BrN2O/c1-16-10-2-3-11(13)12(8-10)15-6-4-9(14)5-7-15/h2-3,8-9H,4-7,14H2,1H3. The van der Waals surface area contributed by atoms with Gasteiger partial charge in [0.25, 0.3) is 0 Å². The minimum atomic E-state index is 0.362. The summed E-state index contributed by atoms with van der Waals surface area (Å²) in [4.78, 5) is 2.36. The molecule has 1 fully saturated rings. The summed E-state index contributed by atoms with van der Waals surface area (Å²) in [5.74, 6) is 0.896. The lowest BCUT2D eigenvalue weighted by molar-refractivity contribution is 0.414. The third kappa shape index (κ3) is 2.50. The Morgan fingerprint density at radius 2 is 2.06 bits per heavy atom. The molecule has 0 amide bonds. The van der Waals surface area contributed by atoms with Gasteiger partial charge in [-0.3, -0.25) is 0 Å². The monoisotopic (exact) mass is 284 g/mol. The highest BCUT2D eigenvalue weighted by Crippen LogP contribution is 2.31. The Kier molecular flexibility index (Phi) is 3.71. The molecular weight excluding hydrogens is 268 g/mol. The number of benzene rings is 1. The van der Waals surface area contributed by atoms with Crippen molar-refractivity contribution in [3.05, 3.63) is 22.7 Å². The van der Waals surface area contributed by atoms with Crippen molar-refractivity contribution in [2.45, 2.75) is 18.9 Å². The predicted octanol–water partition coefficient (Wildman–Crippen LogP) is 2.39. The molecule has 1 aliphatic rings. The van der Waals surface area contributed by atoms with Gasteiger partial charge < -0.3 is 15.4 Å². The first-order valence-corrected chi connectivity index (χ1v) is 6.34. The molecular formula is C12H17BrN2O. The molecule has 1 aliphatic heterocycles. The Balaban J connectivity index is 2.19. The molecule has 0 atom stereocenters. The number of hydrogen-bond acceptors (Lipinski definition) is 3. The van der Waals surface area contributed by atoms with E-state index in [1.807, 2.05) is 12.1 Å². The molecule has 0 bridgehead atoms. The number of methoxy groups -OCH3 is 1. The molecule has 0 spiro atoms. The van der Waals surface area contributed by atoms with Crippen LogP contribution >= 0.6 is 15.9 Å². The Morgan fingerprint density at radius 1 is 1.38 bits per heavy atom. The van der Waals surface area contributed by atoms with Crippen molar-refractivity contribution in [1.29, 1.82) is 0 Å². The molecule has 2 rings (SSSR count). The lowest BCUT2D eigenvalue weighted by Gasteiger charge is -2.32. The van der Waals surface area contributed by atoms with Crippen molar-refractivity contribution in [2.24, 2.45) is 5.73 Å². The minimum Gasteiger partial charge on any atom is -0.497 e. The number of nitrogens with zero attached hydrogens (tertiary/aromatic N) is 1. The molecule has 88 valence electrons. The van der Waals surface area contributed by atoms with Gasteiger partial charge in [0.2, 0.25) is 0 Å². The van der Waals surface area contributed by atoms with Gasteiger partial charge in [0.05, 0.1) is 12.8 Å². The van der Waals surface area contributed by atoms with Crippen LogP contribution in [-0.4, -0.2) is 26.2 Å². The van der Waals surface area contributed by atoms with Crippen LogP contribution in [0.1, 0.15) is 12.8 Å². The van der Waals surface area contributed by atoms with Gasteiger partial charge in [-0.05, 0) is 40.9 Å². The molecule has 0 aliphatic carbocycles. The van der Waals surface area contributed by atoms with E-state index in [1.54, 1.807) is 7.11 Å². The molecule has 3 nitrogen and oxygen atoms in total.